The van der Waals surface area contributed by atoms with Crippen LogP contribution in [0.3, 0.4) is 0 Å². The fraction of sp³-hybridized carbons (Fsp3) is 0.389. The largest absolute Gasteiger partial charge is 0.463 e. The van der Waals surface area contributed by atoms with E-state index in [-0.39, 0.29) is 18.4 Å². The average Bonchev–Trinajstić information content (AvgIpc) is 2.51. The van der Waals surface area contributed by atoms with Crippen LogP contribution < -0.4 is 10.6 Å². The molecule has 130 valence electrons. The molecule has 1 rings (SSSR count). The summed E-state index contributed by atoms with van der Waals surface area (Å²) in [5.41, 5.74) is 0.882. The maximum atomic E-state index is 11.8. The smallest absolute Gasteiger partial charge is 0.330 e. The summed E-state index contributed by atoms with van der Waals surface area (Å²) < 4.78 is 4.79. The summed E-state index contributed by atoms with van der Waals surface area (Å²) in [7, 11) is 0. The summed E-state index contributed by atoms with van der Waals surface area (Å²) in [4.78, 5) is 34.7. The van der Waals surface area contributed by atoms with E-state index in [1.165, 1.54) is 6.08 Å². The Labute approximate surface area is 142 Å². The Morgan fingerprint density at radius 1 is 1.12 bits per heavy atom. The molecule has 6 nitrogen and oxygen atoms in total. The number of ether oxygens (including phenoxy) is 1. The predicted octanol–water partition coefficient (Wildman–Crippen LogP) is 2.36. The van der Waals surface area contributed by atoms with Gasteiger partial charge in [0.1, 0.15) is 0 Å². The summed E-state index contributed by atoms with van der Waals surface area (Å²) in [6.45, 7) is 7.34. The van der Waals surface area contributed by atoms with Gasteiger partial charge in [0.25, 0.3) is 0 Å². The molecule has 6 heteroatoms. The SMILES string of the molecule is CCOC(=O)/C=C/c1ccc(NC(=O)CNC(=O)C(C)(C)C)cc1. The molecule has 0 unspecified atom stereocenters. The van der Waals surface area contributed by atoms with Crippen LogP contribution in [0.2, 0.25) is 0 Å². The Balaban J connectivity index is 2.50. The Bertz CT molecular complexity index is 613. The minimum absolute atomic E-state index is 0.0827. The number of nitrogens with one attached hydrogen (secondary N) is 2. The van der Waals surface area contributed by atoms with Crippen molar-refractivity contribution in [2.75, 3.05) is 18.5 Å². The summed E-state index contributed by atoms with van der Waals surface area (Å²) in [6, 6.07) is 6.96. The van der Waals surface area contributed by atoms with Crippen molar-refractivity contribution < 1.29 is 19.1 Å². The van der Waals surface area contributed by atoms with Gasteiger partial charge in [0.15, 0.2) is 0 Å². The van der Waals surface area contributed by atoms with Crippen molar-refractivity contribution in [3.63, 3.8) is 0 Å². The van der Waals surface area contributed by atoms with Crippen LogP contribution in [0.5, 0.6) is 0 Å². The molecule has 0 saturated carbocycles. The van der Waals surface area contributed by atoms with Crippen molar-refractivity contribution in [2.45, 2.75) is 27.7 Å². The molecular weight excluding hydrogens is 308 g/mol. The van der Waals surface area contributed by atoms with Crippen LogP contribution in [0.15, 0.2) is 30.3 Å². The Kier molecular flexibility index (Phi) is 7.17. The van der Waals surface area contributed by atoms with Gasteiger partial charge in [-0.3, -0.25) is 9.59 Å². The van der Waals surface area contributed by atoms with E-state index < -0.39 is 11.4 Å². The number of anilines is 1. The highest BCUT2D eigenvalue weighted by atomic mass is 16.5. The van der Waals surface area contributed by atoms with Crippen LogP contribution in [0, 0.1) is 5.41 Å². The third-order valence-electron chi connectivity index (χ3n) is 2.98. The van der Waals surface area contributed by atoms with Crippen molar-refractivity contribution in [3.8, 4) is 0 Å². The first-order valence-corrected chi connectivity index (χ1v) is 7.75. The van der Waals surface area contributed by atoms with Gasteiger partial charge in [0.05, 0.1) is 13.2 Å². The average molecular weight is 332 g/mol. The number of amides is 2. The Morgan fingerprint density at radius 3 is 2.29 bits per heavy atom. The molecule has 0 atom stereocenters. The van der Waals surface area contributed by atoms with E-state index in [1.54, 1.807) is 58.0 Å². The number of benzene rings is 1. The minimum Gasteiger partial charge on any atom is -0.463 e. The molecule has 0 spiro atoms. The zero-order valence-corrected chi connectivity index (χ0v) is 14.5. The van der Waals surface area contributed by atoms with Crippen molar-refractivity contribution in [1.29, 1.82) is 0 Å². The number of carbonyl (C=O) groups is 3. The molecule has 0 heterocycles. The van der Waals surface area contributed by atoms with Crippen molar-refractivity contribution in [1.82, 2.24) is 5.32 Å². The lowest BCUT2D eigenvalue weighted by molar-refractivity contribution is -0.137. The van der Waals surface area contributed by atoms with Gasteiger partial charge in [-0.1, -0.05) is 32.9 Å². The first-order chi connectivity index (χ1) is 11.2. The third kappa shape index (κ3) is 7.09. The molecule has 0 aliphatic heterocycles. The lowest BCUT2D eigenvalue weighted by Crippen LogP contribution is -2.39. The van der Waals surface area contributed by atoms with E-state index in [9.17, 15) is 14.4 Å². The second kappa shape index (κ2) is 8.86. The third-order valence-corrected chi connectivity index (χ3v) is 2.98. The molecule has 2 N–H and O–H groups in total. The van der Waals surface area contributed by atoms with Crippen LogP contribution in [0.4, 0.5) is 5.69 Å². The van der Waals surface area contributed by atoms with E-state index >= 15 is 0 Å². The number of carbonyl (C=O) groups excluding carboxylic acids is 3. The molecule has 0 bridgehead atoms. The van der Waals surface area contributed by atoms with Gasteiger partial charge in [0.2, 0.25) is 11.8 Å². The summed E-state index contributed by atoms with van der Waals surface area (Å²) in [5, 5.41) is 5.28. The molecule has 0 saturated heterocycles. The van der Waals surface area contributed by atoms with Gasteiger partial charge in [0, 0.05) is 17.2 Å². The first-order valence-electron chi connectivity index (χ1n) is 7.75. The topological polar surface area (TPSA) is 84.5 Å². The van der Waals surface area contributed by atoms with E-state index in [0.717, 1.165) is 5.56 Å². The number of hydrogen-bond acceptors (Lipinski definition) is 4. The van der Waals surface area contributed by atoms with E-state index in [1.807, 2.05) is 0 Å². The lowest BCUT2D eigenvalue weighted by atomic mass is 9.96. The molecule has 0 fully saturated rings. The molecule has 0 aromatic heterocycles. The van der Waals surface area contributed by atoms with Gasteiger partial charge in [-0.2, -0.15) is 0 Å². The molecule has 0 radical (unpaired) electrons. The number of rotatable bonds is 6. The van der Waals surface area contributed by atoms with Crippen LogP contribution in [-0.2, 0) is 19.1 Å². The first kappa shape index (κ1) is 19.4. The molecule has 0 aliphatic carbocycles. The Morgan fingerprint density at radius 2 is 1.75 bits per heavy atom. The van der Waals surface area contributed by atoms with E-state index in [0.29, 0.717) is 12.3 Å². The highest BCUT2D eigenvalue weighted by Gasteiger charge is 2.21. The molecule has 2 amide bonds. The van der Waals surface area contributed by atoms with E-state index in [4.69, 9.17) is 4.74 Å². The van der Waals surface area contributed by atoms with Gasteiger partial charge in [-0.05, 0) is 30.7 Å². The summed E-state index contributed by atoms with van der Waals surface area (Å²) >= 11 is 0. The number of esters is 1. The molecular formula is C18H24N2O4. The van der Waals surface area contributed by atoms with Crippen LogP contribution in [0.25, 0.3) is 6.08 Å². The normalized spacial score (nSPS) is 11.2. The Hall–Kier alpha value is -2.63. The minimum atomic E-state index is -0.535. The predicted molar refractivity (Wildman–Crippen MR) is 93.2 cm³/mol. The molecule has 24 heavy (non-hydrogen) atoms. The summed E-state index contributed by atoms with van der Waals surface area (Å²) in [6.07, 6.45) is 2.98. The van der Waals surface area contributed by atoms with Gasteiger partial charge >= 0.3 is 5.97 Å². The fourth-order valence-corrected chi connectivity index (χ4v) is 1.66. The molecule has 1 aromatic rings. The van der Waals surface area contributed by atoms with Crippen LogP contribution >= 0.6 is 0 Å². The second-order valence-corrected chi connectivity index (χ2v) is 6.19. The zero-order valence-electron chi connectivity index (χ0n) is 14.5. The quantitative estimate of drug-likeness (QED) is 0.619. The lowest BCUT2D eigenvalue weighted by Gasteiger charge is -2.17. The highest BCUT2D eigenvalue weighted by Crippen LogP contribution is 2.13. The molecule has 1 aromatic carbocycles. The second-order valence-electron chi connectivity index (χ2n) is 6.19. The zero-order chi connectivity index (χ0) is 18.2. The van der Waals surface area contributed by atoms with Crippen LogP contribution in [0.1, 0.15) is 33.3 Å². The monoisotopic (exact) mass is 332 g/mol. The van der Waals surface area contributed by atoms with Crippen molar-refractivity contribution >= 4 is 29.5 Å². The van der Waals surface area contributed by atoms with Gasteiger partial charge < -0.3 is 15.4 Å². The maximum absolute atomic E-state index is 11.8. The van der Waals surface area contributed by atoms with Crippen molar-refractivity contribution in [2.24, 2.45) is 5.41 Å². The van der Waals surface area contributed by atoms with E-state index in [2.05, 4.69) is 10.6 Å². The highest BCUT2D eigenvalue weighted by molar-refractivity contribution is 5.95. The van der Waals surface area contributed by atoms with Crippen LogP contribution in [-0.4, -0.2) is 30.9 Å². The number of hydrogen-bond donors (Lipinski definition) is 2. The van der Waals surface area contributed by atoms with Gasteiger partial charge in [-0.15, -0.1) is 0 Å². The summed E-state index contributed by atoms with van der Waals surface area (Å²) in [5.74, 6) is -0.885. The van der Waals surface area contributed by atoms with Gasteiger partial charge in [-0.25, -0.2) is 4.79 Å². The van der Waals surface area contributed by atoms with Crippen molar-refractivity contribution in [3.05, 3.63) is 35.9 Å². The molecule has 0 aliphatic rings. The standard InChI is InChI=1S/C18H24N2O4/c1-5-24-16(22)11-8-13-6-9-14(10-7-13)20-15(21)12-19-17(23)18(2,3)4/h6-11H,5,12H2,1-4H3,(H,19,23)(H,20,21)/b11-8+. The fourth-order valence-electron chi connectivity index (χ4n) is 1.66. The maximum Gasteiger partial charge on any atom is 0.330 e.